The van der Waals surface area contributed by atoms with Crippen molar-refractivity contribution in [3.8, 4) is 22.6 Å². The fourth-order valence-electron chi connectivity index (χ4n) is 1.80. The Morgan fingerprint density at radius 3 is 2.35 bits per heavy atom. The molecule has 0 heterocycles. The quantitative estimate of drug-likeness (QED) is 0.870. The largest absolute Gasteiger partial charge is 0.573 e. The van der Waals surface area contributed by atoms with Gasteiger partial charge < -0.3 is 15.2 Å². The summed E-state index contributed by atoms with van der Waals surface area (Å²) in [4.78, 5) is 0. The summed E-state index contributed by atoms with van der Waals surface area (Å²) in [5, 5.41) is 0. The van der Waals surface area contributed by atoms with Crippen molar-refractivity contribution in [2.24, 2.45) is 0 Å². The van der Waals surface area contributed by atoms with Crippen LogP contribution in [-0.4, -0.2) is 13.5 Å². The number of ether oxygens (including phenoxy) is 2. The van der Waals surface area contributed by atoms with Crippen LogP contribution in [0.25, 0.3) is 11.1 Å². The molecule has 2 rings (SSSR count). The van der Waals surface area contributed by atoms with E-state index in [0.29, 0.717) is 16.9 Å². The molecule has 2 aromatic carbocycles. The minimum atomic E-state index is -4.78. The minimum absolute atomic E-state index is 0.0824. The van der Waals surface area contributed by atoms with Crippen molar-refractivity contribution in [1.82, 2.24) is 0 Å². The smallest absolute Gasteiger partial charge is 0.496 e. The van der Waals surface area contributed by atoms with Crippen molar-refractivity contribution in [2.75, 3.05) is 12.8 Å². The van der Waals surface area contributed by atoms with Gasteiger partial charge in [-0.15, -0.1) is 13.2 Å². The van der Waals surface area contributed by atoms with Crippen molar-refractivity contribution in [2.45, 2.75) is 6.36 Å². The standard InChI is InChI=1S/C14H12F3NO2/c1-19-12-5-3-2-4-10(12)9-6-7-11(18)13(8-9)20-14(15,16)17/h2-8H,18H2,1H3. The molecule has 0 aliphatic carbocycles. The second kappa shape index (κ2) is 5.32. The molecular weight excluding hydrogens is 271 g/mol. The molecular formula is C14H12F3NO2. The minimum Gasteiger partial charge on any atom is -0.496 e. The molecule has 0 fully saturated rings. The van der Waals surface area contributed by atoms with Crippen LogP contribution >= 0.6 is 0 Å². The molecule has 0 unspecified atom stereocenters. The first-order valence-corrected chi connectivity index (χ1v) is 5.69. The van der Waals surface area contributed by atoms with E-state index in [0.717, 1.165) is 0 Å². The predicted octanol–water partition coefficient (Wildman–Crippen LogP) is 3.84. The second-order valence-corrected chi connectivity index (χ2v) is 4.00. The molecule has 0 radical (unpaired) electrons. The number of alkyl halides is 3. The molecule has 0 saturated carbocycles. The lowest BCUT2D eigenvalue weighted by Crippen LogP contribution is -2.18. The molecule has 3 nitrogen and oxygen atoms in total. The van der Waals surface area contributed by atoms with E-state index in [1.54, 1.807) is 30.3 Å². The van der Waals surface area contributed by atoms with Gasteiger partial charge in [-0.25, -0.2) is 0 Å². The molecule has 2 N–H and O–H groups in total. The molecule has 6 heteroatoms. The summed E-state index contributed by atoms with van der Waals surface area (Å²) in [5.74, 6) is 0.121. The van der Waals surface area contributed by atoms with Gasteiger partial charge in [0.1, 0.15) is 5.75 Å². The summed E-state index contributed by atoms with van der Waals surface area (Å²) in [6.45, 7) is 0. The van der Waals surface area contributed by atoms with Crippen LogP contribution in [0.2, 0.25) is 0 Å². The zero-order valence-electron chi connectivity index (χ0n) is 10.6. The molecule has 20 heavy (non-hydrogen) atoms. The van der Waals surface area contributed by atoms with Gasteiger partial charge in [0.15, 0.2) is 5.75 Å². The van der Waals surface area contributed by atoms with Crippen molar-refractivity contribution in [3.05, 3.63) is 42.5 Å². The number of hydrogen-bond donors (Lipinski definition) is 1. The summed E-state index contributed by atoms with van der Waals surface area (Å²) in [7, 11) is 1.49. The van der Waals surface area contributed by atoms with Gasteiger partial charge in [-0.2, -0.15) is 0 Å². The summed E-state index contributed by atoms with van der Waals surface area (Å²) in [6, 6.07) is 11.2. The van der Waals surface area contributed by atoms with E-state index in [9.17, 15) is 13.2 Å². The van der Waals surface area contributed by atoms with Crippen LogP contribution in [0.1, 0.15) is 0 Å². The van der Waals surface area contributed by atoms with Crippen LogP contribution in [0.4, 0.5) is 18.9 Å². The molecule has 0 bridgehead atoms. The van der Waals surface area contributed by atoms with Gasteiger partial charge in [0.2, 0.25) is 0 Å². The van der Waals surface area contributed by atoms with Crippen LogP contribution in [0.3, 0.4) is 0 Å². The summed E-state index contributed by atoms with van der Waals surface area (Å²) in [5.41, 5.74) is 6.59. The van der Waals surface area contributed by atoms with Gasteiger partial charge in [-0.3, -0.25) is 0 Å². The molecule has 0 aliphatic heterocycles. The number of benzene rings is 2. The highest BCUT2D eigenvalue weighted by Gasteiger charge is 2.32. The molecule has 0 atom stereocenters. The predicted molar refractivity (Wildman–Crippen MR) is 69.5 cm³/mol. The molecule has 0 saturated heterocycles. The third-order valence-electron chi connectivity index (χ3n) is 2.66. The van der Waals surface area contributed by atoms with E-state index in [1.807, 2.05) is 0 Å². The first kappa shape index (κ1) is 14.0. The zero-order valence-corrected chi connectivity index (χ0v) is 10.6. The van der Waals surface area contributed by atoms with Crippen molar-refractivity contribution < 1.29 is 22.6 Å². The van der Waals surface area contributed by atoms with E-state index >= 15 is 0 Å². The number of para-hydroxylation sites is 1. The summed E-state index contributed by atoms with van der Waals surface area (Å²) in [6.07, 6.45) is -4.78. The number of nitrogen functional groups attached to an aromatic ring is 1. The molecule has 106 valence electrons. The van der Waals surface area contributed by atoms with Crippen molar-refractivity contribution in [1.29, 1.82) is 0 Å². The SMILES string of the molecule is COc1ccccc1-c1ccc(N)c(OC(F)(F)F)c1. The average molecular weight is 283 g/mol. The lowest BCUT2D eigenvalue weighted by molar-refractivity contribution is -0.274. The van der Waals surface area contributed by atoms with Gasteiger partial charge >= 0.3 is 6.36 Å². The number of hydrogen-bond acceptors (Lipinski definition) is 3. The second-order valence-electron chi connectivity index (χ2n) is 4.00. The molecule has 0 spiro atoms. The third kappa shape index (κ3) is 3.14. The van der Waals surface area contributed by atoms with Gasteiger partial charge in [0, 0.05) is 5.56 Å². The fourth-order valence-corrected chi connectivity index (χ4v) is 1.80. The van der Waals surface area contributed by atoms with Crippen LogP contribution in [0.5, 0.6) is 11.5 Å². The highest BCUT2D eigenvalue weighted by Crippen LogP contribution is 2.36. The van der Waals surface area contributed by atoms with E-state index < -0.39 is 12.1 Å². The lowest BCUT2D eigenvalue weighted by Gasteiger charge is -2.13. The zero-order chi connectivity index (χ0) is 14.8. The van der Waals surface area contributed by atoms with Crippen molar-refractivity contribution in [3.63, 3.8) is 0 Å². The maximum Gasteiger partial charge on any atom is 0.573 e. The van der Waals surface area contributed by atoms with Crippen LogP contribution in [0.15, 0.2) is 42.5 Å². The highest BCUT2D eigenvalue weighted by atomic mass is 19.4. The van der Waals surface area contributed by atoms with Crippen LogP contribution in [0, 0.1) is 0 Å². The Balaban J connectivity index is 2.46. The Bertz CT molecular complexity index is 612. The van der Waals surface area contributed by atoms with E-state index in [2.05, 4.69) is 4.74 Å². The fraction of sp³-hybridized carbons (Fsp3) is 0.143. The van der Waals surface area contributed by atoms with Gasteiger partial charge in [0.05, 0.1) is 12.8 Å². The molecule has 0 amide bonds. The Morgan fingerprint density at radius 2 is 1.70 bits per heavy atom. The van der Waals surface area contributed by atoms with E-state index in [1.165, 1.54) is 19.2 Å². The Labute approximate surface area is 113 Å². The highest BCUT2D eigenvalue weighted by molar-refractivity contribution is 5.74. The third-order valence-corrected chi connectivity index (χ3v) is 2.66. The number of halogens is 3. The van der Waals surface area contributed by atoms with Crippen molar-refractivity contribution >= 4 is 5.69 Å². The topological polar surface area (TPSA) is 44.5 Å². The van der Waals surface area contributed by atoms with Gasteiger partial charge in [0.25, 0.3) is 0 Å². The summed E-state index contributed by atoms with van der Waals surface area (Å²) < 4.78 is 46.0. The lowest BCUT2D eigenvalue weighted by atomic mass is 10.0. The monoisotopic (exact) mass is 283 g/mol. The normalized spacial score (nSPS) is 11.2. The van der Waals surface area contributed by atoms with Crippen LogP contribution < -0.4 is 15.2 Å². The van der Waals surface area contributed by atoms with Gasteiger partial charge in [-0.1, -0.05) is 24.3 Å². The average Bonchev–Trinajstić information content (AvgIpc) is 2.40. The van der Waals surface area contributed by atoms with Gasteiger partial charge in [-0.05, 0) is 23.8 Å². The number of methoxy groups -OCH3 is 1. The Morgan fingerprint density at radius 1 is 1.00 bits per heavy atom. The number of rotatable bonds is 3. The molecule has 0 aromatic heterocycles. The Hall–Kier alpha value is -2.37. The Kier molecular flexibility index (Phi) is 3.74. The molecule has 0 aliphatic rings. The summed E-state index contributed by atoms with van der Waals surface area (Å²) >= 11 is 0. The molecule has 2 aromatic rings. The first-order chi connectivity index (χ1) is 9.40. The maximum absolute atomic E-state index is 12.3. The number of anilines is 1. The van der Waals surface area contributed by atoms with E-state index in [-0.39, 0.29) is 5.69 Å². The van der Waals surface area contributed by atoms with E-state index in [4.69, 9.17) is 10.5 Å². The number of nitrogens with two attached hydrogens (primary N) is 1. The maximum atomic E-state index is 12.3. The van der Waals surface area contributed by atoms with Crippen LogP contribution in [-0.2, 0) is 0 Å². The first-order valence-electron chi connectivity index (χ1n) is 5.69.